The van der Waals surface area contributed by atoms with Crippen LogP contribution in [0.15, 0.2) is 6.20 Å². The average molecular weight is 294 g/mol. The highest BCUT2D eigenvalue weighted by Crippen LogP contribution is 2.22. The highest BCUT2D eigenvalue weighted by molar-refractivity contribution is 7.08. The Morgan fingerprint density at radius 2 is 2.20 bits per heavy atom. The van der Waals surface area contributed by atoms with Gasteiger partial charge in [0.05, 0.1) is 18.0 Å². The predicted molar refractivity (Wildman–Crippen MR) is 74.1 cm³/mol. The molecule has 20 heavy (non-hydrogen) atoms. The van der Waals surface area contributed by atoms with Crippen molar-refractivity contribution in [1.82, 2.24) is 14.6 Å². The summed E-state index contributed by atoms with van der Waals surface area (Å²) in [5, 5.41) is 6.45. The minimum atomic E-state index is -0.472. The molecule has 106 valence electrons. The van der Waals surface area contributed by atoms with Gasteiger partial charge in [-0.3, -0.25) is 4.79 Å². The molecule has 0 atom stereocenters. The lowest BCUT2D eigenvalue weighted by Gasteiger charge is -2.06. The lowest BCUT2D eigenvalue weighted by Crippen LogP contribution is -2.15. The van der Waals surface area contributed by atoms with Crippen LogP contribution in [0.5, 0.6) is 0 Å². The minimum Gasteiger partial charge on any atom is -0.462 e. The maximum atomic E-state index is 12.1. The molecular weight excluding hydrogens is 280 g/mol. The van der Waals surface area contributed by atoms with E-state index in [4.69, 9.17) is 4.74 Å². The molecule has 0 saturated heterocycles. The first kappa shape index (κ1) is 14.2. The standard InChI is InChI=1S/C12H14N4O3S/c1-4-19-12(18)9-6(2)13-5-8(9)14-11(17)10-7(3)15-16-20-10/h5,13H,4H2,1-3H3,(H,14,17). The van der Waals surface area contributed by atoms with Gasteiger partial charge in [0.15, 0.2) is 0 Å². The Hall–Kier alpha value is -2.22. The van der Waals surface area contributed by atoms with Gasteiger partial charge >= 0.3 is 5.97 Å². The third kappa shape index (κ3) is 2.69. The molecular formula is C12H14N4O3S. The maximum absolute atomic E-state index is 12.1. The Morgan fingerprint density at radius 1 is 1.45 bits per heavy atom. The Morgan fingerprint density at radius 3 is 2.80 bits per heavy atom. The Labute approximate surface area is 119 Å². The van der Waals surface area contributed by atoms with Crippen molar-refractivity contribution in [2.45, 2.75) is 20.8 Å². The van der Waals surface area contributed by atoms with Crippen LogP contribution in [0.1, 0.15) is 38.3 Å². The van der Waals surface area contributed by atoms with Gasteiger partial charge in [0.25, 0.3) is 5.91 Å². The fourth-order valence-corrected chi connectivity index (χ4v) is 2.26. The second kappa shape index (κ2) is 5.83. The number of esters is 1. The SMILES string of the molecule is CCOC(=O)c1c(NC(=O)c2snnc2C)c[nH]c1C. The topological polar surface area (TPSA) is 97.0 Å². The molecule has 7 nitrogen and oxygen atoms in total. The Kier molecular flexibility index (Phi) is 4.14. The van der Waals surface area contributed by atoms with Crippen molar-refractivity contribution in [2.75, 3.05) is 11.9 Å². The summed E-state index contributed by atoms with van der Waals surface area (Å²) in [5.74, 6) is -0.817. The van der Waals surface area contributed by atoms with E-state index < -0.39 is 5.97 Å². The summed E-state index contributed by atoms with van der Waals surface area (Å²) in [6, 6.07) is 0. The van der Waals surface area contributed by atoms with E-state index >= 15 is 0 Å². The smallest absolute Gasteiger partial charge is 0.342 e. The van der Waals surface area contributed by atoms with Crippen LogP contribution in [-0.2, 0) is 4.74 Å². The summed E-state index contributed by atoms with van der Waals surface area (Å²) in [6.07, 6.45) is 1.56. The molecule has 0 bridgehead atoms. The molecule has 2 rings (SSSR count). The molecule has 1 amide bonds. The highest BCUT2D eigenvalue weighted by atomic mass is 32.1. The van der Waals surface area contributed by atoms with Gasteiger partial charge in [0, 0.05) is 11.9 Å². The van der Waals surface area contributed by atoms with Crippen LogP contribution in [0.25, 0.3) is 0 Å². The Bertz CT molecular complexity index is 647. The number of carbonyl (C=O) groups is 2. The number of rotatable bonds is 4. The van der Waals surface area contributed by atoms with Crippen molar-refractivity contribution >= 4 is 29.1 Å². The normalized spacial score (nSPS) is 10.3. The van der Waals surface area contributed by atoms with E-state index in [2.05, 4.69) is 19.9 Å². The van der Waals surface area contributed by atoms with E-state index in [1.807, 2.05) is 0 Å². The lowest BCUT2D eigenvalue weighted by atomic mass is 10.2. The van der Waals surface area contributed by atoms with Crippen LogP contribution in [0, 0.1) is 13.8 Å². The summed E-state index contributed by atoms with van der Waals surface area (Å²) < 4.78 is 8.68. The number of aromatic amines is 1. The molecule has 0 spiro atoms. The van der Waals surface area contributed by atoms with Crippen molar-refractivity contribution in [2.24, 2.45) is 0 Å². The number of hydrogen-bond acceptors (Lipinski definition) is 6. The molecule has 2 N–H and O–H groups in total. The van der Waals surface area contributed by atoms with Crippen molar-refractivity contribution in [3.05, 3.63) is 28.0 Å². The third-order valence-electron chi connectivity index (χ3n) is 2.66. The van der Waals surface area contributed by atoms with Gasteiger partial charge in [-0.15, -0.1) is 5.10 Å². The predicted octanol–water partition coefficient (Wildman–Crippen LogP) is 1.91. The van der Waals surface area contributed by atoms with Gasteiger partial charge in [-0.25, -0.2) is 4.79 Å². The van der Waals surface area contributed by atoms with Crippen molar-refractivity contribution in [3.8, 4) is 0 Å². The third-order valence-corrected chi connectivity index (χ3v) is 3.49. The van der Waals surface area contributed by atoms with Crippen LogP contribution in [0.3, 0.4) is 0 Å². The molecule has 8 heteroatoms. The number of amides is 1. The number of nitrogens with one attached hydrogen (secondary N) is 2. The molecule has 0 unspecified atom stereocenters. The van der Waals surface area contributed by atoms with Gasteiger partial charge in [0.1, 0.15) is 10.4 Å². The van der Waals surface area contributed by atoms with Gasteiger partial charge in [-0.05, 0) is 32.3 Å². The summed E-state index contributed by atoms with van der Waals surface area (Å²) in [5.41, 5.74) is 1.91. The molecule has 2 aromatic heterocycles. The number of hydrogen-bond donors (Lipinski definition) is 2. The van der Waals surface area contributed by atoms with Crippen LogP contribution in [0.2, 0.25) is 0 Å². The van der Waals surface area contributed by atoms with E-state index in [9.17, 15) is 9.59 Å². The molecule has 0 aliphatic rings. The monoisotopic (exact) mass is 294 g/mol. The van der Waals surface area contributed by atoms with Gasteiger partial charge in [0.2, 0.25) is 0 Å². The zero-order chi connectivity index (χ0) is 14.7. The number of aromatic nitrogens is 3. The summed E-state index contributed by atoms with van der Waals surface area (Å²) in [4.78, 5) is 27.3. The minimum absolute atomic E-state index is 0.273. The van der Waals surface area contributed by atoms with E-state index in [-0.39, 0.29) is 12.5 Å². The fourth-order valence-electron chi connectivity index (χ4n) is 1.71. The van der Waals surface area contributed by atoms with Gasteiger partial charge in [-0.2, -0.15) is 0 Å². The highest BCUT2D eigenvalue weighted by Gasteiger charge is 2.21. The molecule has 0 aliphatic heterocycles. The molecule has 0 aliphatic carbocycles. The molecule has 0 fully saturated rings. The van der Waals surface area contributed by atoms with E-state index in [0.717, 1.165) is 11.5 Å². The number of anilines is 1. The van der Waals surface area contributed by atoms with Gasteiger partial charge in [-0.1, -0.05) is 4.49 Å². The molecule has 0 saturated carbocycles. The first-order valence-corrected chi connectivity index (χ1v) is 6.77. The number of ether oxygens (including phenoxy) is 1. The van der Waals surface area contributed by atoms with E-state index in [1.165, 1.54) is 0 Å². The lowest BCUT2D eigenvalue weighted by molar-refractivity contribution is 0.0527. The first-order chi connectivity index (χ1) is 9.54. The Balaban J connectivity index is 2.24. The fraction of sp³-hybridized carbons (Fsp3) is 0.333. The molecule has 0 radical (unpaired) electrons. The summed E-state index contributed by atoms with van der Waals surface area (Å²) in [7, 11) is 0. The van der Waals surface area contributed by atoms with Gasteiger partial charge < -0.3 is 15.0 Å². The average Bonchev–Trinajstić information content (AvgIpc) is 2.96. The number of aryl methyl sites for hydroxylation is 2. The second-order valence-electron chi connectivity index (χ2n) is 4.06. The largest absolute Gasteiger partial charge is 0.462 e. The van der Waals surface area contributed by atoms with Crippen molar-refractivity contribution < 1.29 is 14.3 Å². The zero-order valence-corrected chi connectivity index (χ0v) is 12.1. The van der Waals surface area contributed by atoms with E-state index in [1.54, 1.807) is 27.0 Å². The quantitative estimate of drug-likeness (QED) is 0.840. The number of carbonyl (C=O) groups excluding carboxylic acids is 2. The molecule has 0 aromatic carbocycles. The first-order valence-electron chi connectivity index (χ1n) is 6.00. The van der Waals surface area contributed by atoms with Crippen LogP contribution < -0.4 is 5.32 Å². The van der Waals surface area contributed by atoms with Crippen LogP contribution >= 0.6 is 11.5 Å². The molecule has 2 heterocycles. The van der Waals surface area contributed by atoms with Crippen molar-refractivity contribution in [3.63, 3.8) is 0 Å². The molecule has 2 aromatic rings. The van der Waals surface area contributed by atoms with Crippen LogP contribution in [0.4, 0.5) is 5.69 Å². The number of nitrogens with zero attached hydrogens (tertiary/aromatic N) is 2. The van der Waals surface area contributed by atoms with Crippen LogP contribution in [-0.4, -0.2) is 33.1 Å². The van der Waals surface area contributed by atoms with E-state index in [0.29, 0.717) is 27.5 Å². The maximum Gasteiger partial charge on any atom is 0.342 e. The number of H-pyrrole nitrogens is 1. The second-order valence-corrected chi connectivity index (χ2v) is 4.82. The summed E-state index contributed by atoms with van der Waals surface area (Å²) >= 11 is 1.01. The zero-order valence-electron chi connectivity index (χ0n) is 11.3. The summed E-state index contributed by atoms with van der Waals surface area (Å²) in [6.45, 7) is 5.44. The van der Waals surface area contributed by atoms with Crippen molar-refractivity contribution in [1.29, 1.82) is 0 Å².